The van der Waals surface area contributed by atoms with Crippen LogP contribution in [0.25, 0.3) is 5.52 Å². The van der Waals surface area contributed by atoms with Gasteiger partial charge in [0.05, 0.1) is 18.0 Å². The first kappa shape index (κ1) is 18.8. The van der Waals surface area contributed by atoms with Gasteiger partial charge in [-0.05, 0) is 32.8 Å². The summed E-state index contributed by atoms with van der Waals surface area (Å²) in [7, 11) is 0. The predicted octanol–water partition coefficient (Wildman–Crippen LogP) is 2.56. The lowest BCUT2D eigenvalue weighted by molar-refractivity contribution is 0.0604. The number of aryl methyl sites for hydroxylation is 1. The summed E-state index contributed by atoms with van der Waals surface area (Å²) >= 11 is 0. The fourth-order valence-electron chi connectivity index (χ4n) is 3.47. The molecule has 10 nitrogen and oxygen atoms in total. The van der Waals surface area contributed by atoms with Crippen molar-refractivity contribution < 1.29 is 18.7 Å². The van der Waals surface area contributed by atoms with Crippen molar-refractivity contribution in [3.63, 3.8) is 0 Å². The number of carbonyl (C=O) groups excluding carboxylic acids is 1. The molecule has 5 rings (SSSR count). The van der Waals surface area contributed by atoms with Crippen LogP contribution in [0, 0.1) is 6.92 Å². The Morgan fingerprint density at radius 3 is 3.07 bits per heavy atom. The van der Waals surface area contributed by atoms with Gasteiger partial charge in [0, 0.05) is 24.0 Å². The summed E-state index contributed by atoms with van der Waals surface area (Å²) in [5.41, 5.74) is 1.88. The van der Waals surface area contributed by atoms with Gasteiger partial charge in [0.2, 0.25) is 0 Å². The van der Waals surface area contributed by atoms with Crippen LogP contribution in [0.4, 0.5) is 20.8 Å². The highest BCUT2D eigenvalue weighted by Gasteiger charge is 2.44. The number of alkyl carbamates (subject to hydrolysis) is 1. The number of alkyl halides is 1. The van der Waals surface area contributed by atoms with Crippen LogP contribution in [0.15, 0.2) is 24.5 Å². The maximum atomic E-state index is 14.9. The predicted molar refractivity (Wildman–Crippen MR) is 104 cm³/mol. The highest BCUT2D eigenvalue weighted by molar-refractivity contribution is 5.72. The lowest BCUT2D eigenvalue weighted by Gasteiger charge is -2.17. The first-order chi connectivity index (χ1) is 14.4. The molecule has 0 radical (unpaired) electrons. The molecule has 2 aliphatic rings. The van der Waals surface area contributed by atoms with E-state index in [9.17, 15) is 9.18 Å². The van der Waals surface area contributed by atoms with Crippen molar-refractivity contribution in [1.82, 2.24) is 30.1 Å². The van der Waals surface area contributed by atoms with Crippen molar-refractivity contribution in [3.8, 4) is 0 Å². The van der Waals surface area contributed by atoms with E-state index in [1.807, 2.05) is 19.9 Å². The van der Waals surface area contributed by atoms with Crippen LogP contribution in [-0.2, 0) is 9.47 Å². The number of rotatable bonds is 5. The third kappa shape index (κ3) is 3.56. The second-order valence-electron chi connectivity index (χ2n) is 8.05. The number of hydrogen-bond donors (Lipinski definition) is 3. The van der Waals surface area contributed by atoms with E-state index in [1.165, 1.54) is 0 Å². The Hall–Kier alpha value is -3.21. The monoisotopic (exact) mass is 415 g/mol. The molecule has 0 aromatic carbocycles. The third-order valence-electron chi connectivity index (χ3n) is 5.41. The Morgan fingerprint density at radius 2 is 2.27 bits per heavy atom. The Balaban J connectivity index is 1.25. The first-order valence-corrected chi connectivity index (χ1v) is 9.78. The summed E-state index contributed by atoms with van der Waals surface area (Å²) in [5.74, 6) is 1.04. The highest BCUT2D eigenvalue weighted by Crippen LogP contribution is 2.36. The lowest BCUT2D eigenvalue weighted by Crippen LogP contribution is -2.39. The van der Waals surface area contributed by atoms with Gasteiger partial charge in [-0.25, -0.2) is 18.7 Å². The summed E-state index contributed by atoms with van der Waals surface area (Å²) in [6, 6.07) is 3.55. The quantitative estimate of drug-likeness (QED) is 0.586. The number of carbonyl (C=O) groups is 1. The largest absolute Gasteiger partial charge is 0.441 e. The number of aromatic amines is 1. The number of hydrogen-bond acceptors (Lipinski definition) is 7. The number of H-pyrrole nitrogens is 1. The smallest absolute Gasteiger partial charge is 0.408 e. The van der Waals surface area contributed by atoms with Crippen LogP contribution in [0.1, 0.15) is 37.3 Å². The zero-order valence-electron chi connectivity index (χ0n) is 16.6. The summed E-state index contributed by atoms with van der Waals surface area (Å²) in [6.07, 6.45) is 1.19. The van der Waals surface area contributed by atoms with Gasteiger partial charge in [-0.1, -0.05) is 0 Å². The van der Waals surface area contributed by atoms with E-state index >= 15 is 0 Å². The van der Waals surface area contributed by atoms with Gasteiger partial charge in [-0.3, -0.25) is 5.10 Å². The average molecular weight is 415 g/mol. The standard InChI is InChI=1S/C19H22FN7O3/c1-10-7-12-17(21-5-6-27(12)26-10)22-14-8-11(24-25-14)16-15(20)13(9-29-16)30-18(28)23-19(2)3-4-19/h5-8,13,15-16H,3-4,9H2,1-2H3,(H,23,28)(H2,21,22,24,25)/t13-,15-,16-/m1/s1. The molecule has 1 aliphatic heterocycles. The van der Waals surface area contributed by atoms with Gasteiger partial charge in [0.15, 0.2) is 23.9 Å². The van der Waals surface area contributed by atoms with Gasteiger partial charge < -0.3 is 20.1 Å². The van der Waals surface area contributed by atoms with E-state index in [0.717, 1.165) is 24.1 Å². The molecule has 30 heavy (non-hydrogen) atoms. The van der Waals surface area contributed by atoms with Gasteiger partial charge in [0.25, 0.3) is 0 Å². The number of anilines is 2. The summed E-state index contributed by atoms with van der Waals surface area (Å²) in [4.78, 5) is 16.3. The molecule has 0 spiro atoms. The fourth-order valence-corrected chi connectivity index (χ4v) is 3.47. The van der Waals surface area contributed by atoms with E-state index in [-0.39, 0.29) is 12.1 Å². The van der Waals surface area contributed by atoms with Gasteiger partial charge in [-0.15, -0.1) is 0 Å². The van der Waals surface area contributed by atoms with E-state index < -0.39 is 24.5 Å². The minimum Gasteiger partial charge on any atom is -0.441 e. The number of amides is 1. The number of aromatic nitrogens is 5. The topological polar surface area (TPSA) is 118 Å². The highest BCUT2D eigenvalue weighted by atomic mass is 19.1. The molecule has 11 heteroatoms. The van der Waals surface area contributed by atoms with Crippen molar-refractivity contribution in [2.24, 2.45) is 0 Å². The van der Waals surface area contributed by atoms with E-state index in [0.29, 0.717) is 17.3 Å². The van der Waals surface area contributed by atoms with Crippen molar-refractivity contribution in [2.75, 3.05) is 11.9 Å². The van der Waals surface area contributed by atoms with Crippen molar-refractivity contribution in [1.29, 1.82) is 0 Å². The minimum atomic E-state index is -1.50. The Kier molecular flexibility index (Phi) is 4.35. The van der Waals surface area contributed by atoms with Gasteiger partial charge in [-0.2, -0.15) is 10.2 Å². The van der Waals surface area contributed by atoms with Crippen molar-refractivity contribution >= 4 is 23.2 Å². The molecule has 0 unspecified atom stereocenters. The van der Waals surface area contributed by atoms with Crippen LogP contribution in [0.2, 0.25) is 0 Å². The van der Waals surface area contributed by atoms with Crippen LogP contribution in [0.3, 0.4) is 0 Å². The average Bonchev–Trinajstić information content (AvgIpc) is 3.03. The zero-order chi connectivity index (χ0) is 20.9. The lowest BCUT2D eigenvalue weighted by atomic mass is 10.1. The van der Waals surface area contributed by atoms with Crippen LogP contribution in [0.5, 0.6) is 0 Å². The number of nitrogens with zero attached hydrogens (tertiary/aromatic N) is 4. The molecule has 2 fully saturated rings. The second-order valence-corrected chi connectivity index (χ2v) is 8.05. The molecule has 1 aliphatic carbocycles. The summed E-state index contributed by atoms with van der Waals surface area (Å²) in [5, 5.41) is 17.2. The zero-order valence-corrected chi connectivity index (χ0v) is 16.6. The molecule has 3 aromatic heterocycles. The normalized spacial score (nSPS) is 24.7. The molecule has 3 N–H and O–H groups in total. The summed E-state index contributed by atoms with van der Waals surface area (Å²) < 4.78 is 27.3. The van der Waals surface area contributed by atoms with Gasteiger partial charge in [0.1, 0.15) is 11.6 Å². The number of ether oxygens (including phenoxy) is 2. The van der Waals surface area contributed by atoms with Crippen LogP contribution < -0.4 is 10.6 Å². The number of halogens is 1. The molecule has 1 saturated heterocycles. The molecule has 1 saturated carbocycles. The van der Waals surface area contributed by atoms with Crippen molar-refractivity contribution in [2.45, 2.75) is 50.6 Å². The Morgan fingerprint density at radius 1 is 1.43 bits per heavy atom. The van der Waals surface area contributed by atoms with Crippen LogP contribution >= 0.6 is 0 Å². The van der Waals surface area contributed by atoms with Crippen LogP contribution in [-0.4, -0.2) is 55.3 Å². The number of nitrogens with one attached hydrogen (secondary N) is 3. The SMILES string of the molecule is Cc1cc2c(Nc3cc([C@H]4OC[C@@H](OC(=O)NC5(C)CC5)[C@H]4F)[nH]n3)nccn2n1. The Bertz CT molecular complexity index is 1090. The van der Waals surface area contributed by atoms with Crippen molar-refractivity contribution in [3.05, 3.63) is 35.9 Å². The first-order valence-electron chi connectivity index (χ1n) is 9.78. The van der Waals surface area contributed by atoms with E-state index in [1.54, 1.807) is 23.0 Å². The molecule has 3 atom stereocenters. The molecule has 158 valence electrons. The maximum Gasteiger partial charge on any atom is 0.408 e. The summed E-state index contributed by atoms with van der Waals surface area (Å²) in [6.45, 7) is 3.80. The maximum absolute atomic E-state index is 14.9. The molecular formula is C19H22FN7O3. The molecule has 0 bridgehead atoms. The molecular weight excluding hydrogens is 393 g/mol. The Labute approximate surface area is 171 Å². The molecule has 4 heterocycles. The number of fused-ring (bicyclic) bond motifs is 1. The van der Waals surface area contributed by atoms with E-state index in [4.69, 9.17) is 9.47 Å². The minimum absolute atomic E-state index is 0.0201. The molecule has 3 aromatic rings. The fraction of sp³-hybridized carbons (Fsp3) is 0.474. The second kappa shape index (κ2) is 6.94. The van der Waals surface area contributed by atoms with Gasteiger partial charge >= 0.3 is 6.09 Å². The third-order valence-corrected chi connectivity index (χ3v) is 5.41. The molecule has 1 amide bonds. The van der Waals surface area contributed by atoms with E-state index in [2.05, 4.69) is 30.9 Å².